The van der Waals surface area contributed by atoms with Crippen molar-refractivity contribution in [2.75, 3.05) is 13.1 Å². The van der Waals surface area contributed by atoms with E-state index in [-0.39, 0.29) is 0 Å². The van der Waals surface area contributed by atoms with Crippen molar-refractivity contribution in [3.05, 3.63) is 35.4 Å². The topological polar surface area (TPSA) is 12.0 Å². The van der Waals surface area contributed by atoms with E-state index < -0.39 is 0 Å². The van der Waals surface area contributed by atoms with Crippen LogP contribution in [0.5, 0.6) is 0 Å². The molecular weight excluding hydrogens is 170 g/mol. The van der Waals surface area contributed by atoms with E-state index in [4.69, 9.17) is 0 Å². The molecule has 1 aromatic carbocycles. The molecule has 0 fully saturated rings. The fraction of sp³-hybridized carbons (Fsp3) is 0.538. The van der Waals surface area contributed by atoms with Crippen LogP contribution in [0.2, 0.25) is 0 Å². The van der Waals surface area contributed by atoms with Gasteiger partial charge in [0.15, 0.2) is 0 Å². The zero-order valence-electron chi connectivity index (χ0n) is 9.34. The van der Waals surface area contributed by atoms with Crippen LogP contribution in [0.4, 0.5) is 0 Å². The molecule has 0 radical (unpaired) electrons. The van der Waals surface area contributed by atoms with E-state index in [0.717, 1.165) is 13.1 Å². The van der Waals surface area contributed by atoms with Gasteiger partial charge in [-0.25, -0.2) is 0 Å². The Kier molecular flexibility index (Phi) is 5.31. The molecule has 0 saturated heterocycles. The van der Waals surface area contributed by atoms with Crippen LogP contribution in [0.3, 0.4) is 0 Å². The van der Waals surface area contributed by atoms with Crippen LogP contribution in [-0.4, -0.2) is 13.1 Å². The van der Waals surface area contributed by atoms with Gasteiger partial charge in [0.25, 0.3) is 0 Å². The molecule has 1 nitrogen and oxygen atoms in total. The van der Waals surface area contributed by atoms with Gasteiger partial charge in [0.05, 0.1) is 0 Å². The Morgan fingerprint density at radius 1 is 1.14 bits per heavy atom. The second-order valence-electron chi connectivity index (χ2n) is 3.78. The summed E-state index contributed by atoms with van der Waals surface area (Å²) in [4.78, 5) is 0. The number of benzene rings is 1. The molecule has 0 unspecified atom stereocenters. The highest BCUT2D eigenvalue weighted by atomic mass is 14.8. The minimum absolute atomic E-state index is 1.14. The van der Waals surface area contributed by atoms with Gasteiger partial charge < -0.3 is 5.32 Å². The Balaban J connectivity index is 2.21. The smallest absolute Gasteiger partial charge is 0.00457 e. The average molecular weight is 191 g/mol. The number of nitrogens with one attached hydrogen (secondary N) is 1. The van der Waals surface area contributed by atoms with Crippen LogP contribution in [0.15, 0.2) is 24.3 Å². The fourth-order valence-corrected chi connectivity index (χ4v) is 1.60. The van der Waals surface area contributed by atoms with Gasteiger partial charge in [0.1, 0.15) is 0 Å². The Labute approximate surface area is 87.5 Å². The zero-order valence-corrected chi connectivity index (χ0v) is 9.34. The molecule has 14 heavy (non-hydrogen) atoms. The monoisotopic (exact) mass is 191 g/mol. The summed E-state index contributed by atoms with van der Waals surface area (Å²) in [6.45, 7) is 6.68. The van der Waals surface area contributed by atoms with E-state index >= 15 is 0 Å². The second-order valence-corrected chi connectivity index (χ2v) is 3.78. The maximum Gasteiger partial charge on any atom is -0.00457 e. The molecule has 1 N–H and O–H groups in total. The lowest BCUT2D eigenvalue weighted by molar-refractivity contribution is 0.639. The third-order valence-corrected chi connectivity index (χ3v) is 2.49. The predicted octanol–water partition coefficient (Wildman–Crippen LogP) is 2.93. The largest absolute Gasteiger partial charge is 0.317 e. The van der Waals surface area contributed by atoms with Crippen LogP contribution in [-0.2, 0) is 6.42 Å². The van der Waals surface area contributed by atoms with Crippen molar-refractivity contribution < 1.29 is 0 Å². The third kappa shape index (κ3) is 3.93. The van der Waals surface area contributed by atoms with Crippen molar-refractivity contribution in [3.63, 3.8) is 0 Å². The number of aryl methyl sites for hydroxylation is 2. The summed E-state index contributed by atoms with van der Waals surface area (Å²) >= 11 is 0. The van der Waals surface area contributed by atoms with Gasteiger partial charge in [-0.3, -0.25) is 0 Å². The van der Waals surface area contributed by atoms with Gasteiger partial charge in [-0.1, -0.05) is 31.2 Å². The average Bonchev–Trinajstić information content (AvgIpc) is 2.20. The summed E-state index contributed by atoms with van der Waals surface area (Å²) in [6, 6.07) is 8.65. The maximum atomic E-state index is 3.42. The minimum atomic E-state index is 1.14. The molecule has 0 saturated carbocycles. The van der Waals surface area contributed by atoms with E-state index in [9.17, 15) is 0 Å². The van der Waals surface area contributed by atoms with Crippen LogP contribution >= 0.6 is 0 Å². The summed E-state index contributed by atoms with van der Waals surface area (Å²) in [5.74, 6) is 0. The van der Waals surface area contributed by atoms with Crippen molar-refractivity contribution in [2.45, 2.75) is 33.1 Å². The second kappa shape index (κ2) is 6.61. The lowest BCUT2D eigenvalue weighted by Crippen LogP contribution is -2.16. The van der Waals surface area contributed by atoms with E-state index in [1.54, 1.807) is 0 Å². The molecule has 0 aromatic heterocycles. The summed E-state index contributed by atoms with van der Waals surface area (Å²) in [6.07, 6.45) is 3.67. The number of hydrogen-bond acceptors (Lipinski definition) is 1. The van der Waals surface area contributed by atoms with Crippen molar-refractivity contribution in [2.24, 2.45) is 0 Å². The molecule has 0 spiro atoms. The van der Waals surface area contributed by atoms with Crippen molar-refractivity contribution in [1.82, 2.24) is 5.32 Å². The molecular formula is C13H21N. The Hall–Kier alpha value is -0.820. The molecule has 1 heteroatoms. The SMILES string of the molecule is CCCNCCCc1ccccc1C. The first kappa shape index (κ1) is 11.3. The van der Waals surface area contributed by atoms with Crippen LogP contribution in [0, 0.1) is 6.92 Å². The van der Waals surface area contributed by atoms with Gasteiger partial charge in [-0.05, 0) is 50.4 Å². The normalized spacial score (nSPS) is 10.4. The molecule has 1 rings (SSSR count). The van der Waals surface area contributed by atoms with Crippen LogP contribution in [0.25, 0.3) is 0 Å². The van der Waals surface area contributed by atoms with Gasteiger partial charge in [0, 0.05) is 0 Å². The zero-order chi connectivity index (χ0) is 10.2. The lowest BCUT2D eigenvalue weighted by Gasteiger charge is -2.05. The first-order chi connectivity index (χ1) is 6.84. The van der Waals surface area contributed by atoms with Gasteiger partial charge >= 0.3 is 0 Å². The number of hydrogen-bond donors (Lipinski definition) is 1. The summed E-state index contributed by atoms with van der Waals surface area (Å²) in [7, 11) is 0. The predicted molar refractivity (Wildman–Crippen MR) is 62.7 cm³/mol. The number of rotatable bonds is 6. The van der Waals surface area contributed by atoms with Crippen molar-refractivity contribution in [3.8, 4) is 0 Å². The highest BCUT2D eigenvalue weighted by Crippen LogP contribution is 2.08. The van der Waals surface area contributed by atoms with E-state index in [1.807, 2.05) is 0 Å². The third-order valence-electron chi connectivity index (χ3n) is 2.49. The standard InChI is InChI=1S/C13H21N/c1-3-10-14-11-6-9-13-8-5-4-7-12(13)2/h4-5,7-8,14H,3,6,9-11H2,1-2H3. The Morgan fingerprint density at radius 2 is 1.93 bits per heavy atom. The molecule has 78 valence electrons. The summed E-state index contributed by atoms with van der Waals surface area (Å²) in [5.41, 5.74) is 2.91. The maximum absolute atomic E-state index is 3.42. The van der Waals surface area contributed by atoms with Crippen LogP contribution in [0.1, 0.15) is 30.9 Å². The van der Waals surface area contributed by atoms with E-state index in [0.29, 0.717) is 0 Å². The highest BCUT2D eigenvalue weighted by molar-refractivity contribution is 5.25. The van der Waals surface area contributed by atoms with Gasteiger partial charge in [0.2, 0.25) is 0 Å². The molecule has 0 bridgehead atoms. The minimum Gasteiger partial charge on any atom is -0.317 e. The fourth-order valence-electron chi connectivity index (χ4n) is 1.60. The quantitative estimate of drug-likeness (QED) is 0.682. The lowest BCUT2D eigenvalue weighted by atomic mass is 10.0. The first-order valence-electron chi connectivity index (χ1n) is 5.60. The van der Waals surface area contributed by atoms with Crippen molar-refractivity contribution in [1.29, 1.82) is 0 Å². The highest BCUT2D eigenvalue weighted by Gasteiger charge is 1.95. The first-order valence-corrected chi connectivity index (χ1v) is 5.60. The van der Waals surface area contributed by atoms with Gasteiger partial charge in [-0.2, -0.15) is 0 Å². The summed E-state index contributed by atoms with van der Waals surface area (Å²) < 4.78 is 0. The molecule has 0 aliphatic rings. The van der Waals surface area contributed by atoms with E-state index in [1.165, 1.54) is 30.4 Å². The molecule has 1 aromatic rings. The Morgan fingerprint density at radius 3 is 2.64 bits per heavy atom. The molecule has 0 aliphatic heterocycles. The van der Waals surface area contributed by atoms with Crippen molar-refractivity contribution >= 4 is 0 Å². The summed E-state index contributed by atoms with van der Waals surface area (Å²) in [5, 5.41) is 3.42. The van der Waals surface area contributed by atoms with Gasteiger partial charge in [-0.15, -0.1) is 0 Å². The van der Waals surface area contributed by atoms with Crippen LogP contribution < -0.4 is 5.32 Å². The molecule has 0 atom stereocenters. The molecule has 0 amide bonds. The molecule has 0 aliphatic carbocycles. The molecule has 0 heterocycles. The van der Waals surface area contributed by atoms with E-state index in [2.05, 4.69) is 43.4 Å². The Bertz CT molecular complexity index is 255.